The van der Waals surface area contributed by atoms with Crippen molar-refractivity contribution in [2.24, 2.45) is 0 Å². The molecule has 1 aliphatic heterocycles. The molecular formula is C14H13NO3. The number of para-hydroxylation sites is 2. The molecule has 0 spiro atoms. The lowest BCUT2D eigenvalue weighted by Crippen LogP contribution is -2.32. The van der Waals surface area contributed by atoms with Crippen LogP contribution in [0.1, 0.15) is 5.56 Å². The monoisotopic (exact) mass is 243 g/mol. The Bertz CT molecular complexity index is 526. The van der Waals surface area contributed by atoms with Gasteiger partial charge in [0.25, 0.3) is 5.91 Å². The van der Waals surface area contributed by atoms with E-state index in [4.69, 9.17) is 9.94 Å². The number of phenolic OH excluding ortho intramolecular Hbond substituents is 1. The van der Waals surface area contributed by atoms with E-state index in [-0.39, 0.29) is 5.91 Å². The first-order valence-electron chi connectivity index (χ1n) is 5.53. The Hall–Kier alpha value is -2.49. The van der Waals surface area contributed by atoms with E-state index >= 15 is 0 Å². The Morgan fingerprint density at radius 3 is 2.33 bits per heavy atom. The first-order valence-corrected chi connectivity index (χ1v) is 5.53. The van der Waals surface area contributed by atoms with Crippen molar-refractivity contribution >= 4 is 5.91 Å². The van der Waals surface area contributed by atoms with E-state index in [2.05, 4.69) is 5.48 Å². The molecule has 1 aliphatic rings. The minimum Gasteiger partial charge on any atom is -0.508 e. The molecule has 0 aromatic heterocycles. The third kappa shape index (κ3) is 3.25. The van der Waals surface area contributed by atoms with Crippen molar-refractivity contribution in [3.8, 4) is 11.5 Å². The lowest BCUT2D eigenvalue weighted by atomic mass is 10.1. The van der Waals surface area contributed by atoms with Crippen LogP contribution >= 0.6 is 0 Å². The second kappa shape index (κ2) is 5.72. The quantitative estimate of drug-likeness (QED) is 0.744. The summed E-state index contributed by atoms with van der Waals surface area (Å²) in [6.07, 6.45) is 0.413. The molecule has 4 heteroatoms. The van der Waals surface area contributed by atoms with Crippen LogP contribution in [0, 0.1) is 0 Å². The zero-order valence-electron chi connectivity index (χ0n) is 9.67. The van der Waals surface area contributed by atoms with E-state index < -0.39 is 0 Å². The lowest BCUT2D eigenvalue weighted by Gasteiger charge is -2.15. The van der Waals surface area contributed by atoms with E-state index in [9.17, 15) is 4.79 Å². The SMILES string of the molecule is O=C1Cc2ccccc2ON1.Oc1ccccc1. The predicted molar refractivity (Wildman–Crippen MR) is 67.0 cm³/mol. The van der Waals surface area contributed by atoms with E-state index in [0.717, 1.165) is 11.3 Å². The van der Waals surface area contributed by atoms with Crippen LogP contribution in [0.4, 0.5) is 0 Å². The Balaban J connectivity index is 0.000000149. The topological polar surface area (TPSA) is 58.6 Å². The maximum atomic E-state index is 10.8. The van der Waals surface area contributed by atoms with Gasteiger partial charge in [-0.1, -0.05) is 36.4 Å². The maximum Gasteiger partial charge on any atom is 0.257 e. The fourth-order valence-electron chi connectivity index (χ4n) is 1.50. The van der Waals surface area contributed by atoms with E-state index in [1.165, 1.54) is 0 Å². The summed E-state index contributed by atoms with van der Waals surface area (Å²) < 4.78 is 0. The smallest absolute Gasteiger partial charge is 0.257 e. The fourth-order valence-corrected chi connectivity index (χ4v) is 1.50. The molecular weight excluding hydrogens is 230 g/mol. The molecule has 2 N–H and O–H groups in total. The predicted octanol–water partition coefficient (Wildman–Crippen LogP) is 2.04. The number of carbonyl (C=O) groups excluding carboxylic acids is 1. The average Bonchev–Trinajstić information content (AvgIpc) is 2.40. The summed E-state index contributed by atoms with van der Waals surface area (Å²) in [4.78, 5) is 15.7. The van der Waals surface area contributed by atoms with Gasteiger partial charge in [-0.2, -0.15) is 5.48 Å². The number of amides is 1. The standard InChI is InChI=1S/C8H7NO2.C6H6O/c10-8-5-6-3-1-2-4-7(6)11-9-8;7-6-4-2-1-3-5-6/h1-4H,5H2,(H,9,10);1-5,7H. The summed E-state index contributed by atoms with van der Waals surface area (Å²) in [5.74, 6) is 0.971. The van der Waals surface area contributed by atoms with Crippen LogP contribution in [0.15, 0.2) is 54.6 Å². The lowest BCUT2D eigenvalue weighted by molar-refractivity contribution is -0.128. The van der Waals surface area contributed by atoms with Gasteiger partial charge in [-0.05, 0) is 18.2 Å². The molecule has 2 aromatic rings. The molecule has 0 radical (unpaired) electrons. The minimum absolute atomic E-state index is 0.0938. The van der Waals surface area contributed by atoms with Crippen molar-refractivity contribution in [2.75, 3.05) is 0 Å². The summed E-state index contributed by atoms with van der Waals surface area (Å²) in [5.41, 5.74) is 3.24. The summed E-state index contributed by atoms with van der Waals surface area (Å²) in [6.45, 7) is 0. The summed E-state index contributed by atoms with van der Waals surface area (Å²) >= 11 is 0. The summed E-state index contributed by atoms with van der Waals surface area (Å²) in [6, 6.07) is 16.2. The Kier molecular flexibility index (Phi) is 3.81. The number of benzene rings is 2. The van der Waals surface area contributed by atoms with Gasteiger partial charge in [0.05, 0.1) is 6.42 Å². The molecule has 1 heterocycles. The van der Waals surface area contributed by atoms with Crippen molar-refractivity contribution in [3.05, 3.63) is 60.2 Å². The first kappa shape index (κ1) is 12.0. The van der Waals surface area contributed by atoms with Crippen LogP contribution in [0.25, 0.3) is 0 Å². The second-order valence-corrected chi connectivity index (χ2v) is 3.75. The molecule has 1 amide bonds. The molecule has 4 nitrogen and oxygen atoms in total. The van der Waals surface area contributed by atoms with Crippen LogP contribution in [-0.2, 0) is 11.2 Å². The number of hydrogen-bond acceptors (Lipinski definition) is 3. The van der Waals surface area contributed by atoms with Crippen LogP contribution in [0.2, 0.25) is 0 Å². The van der Waals surface area contributed by atoms with Crippen molar-refractivity contribution in [1.82, 2.24) is 5.48 Å². The largest absolute Gasteiger partial charge is 0.508 e. The van der Waals surface area contributed by atoms with Gasteiger partial charge < -0.3 is 9.94 Å². The number of rotatable bonds is 0. The highest BCUT2D eigenvalue weighted by Gasteiger charge is 2.14. The van der Waals surface area contributed by atoms with Gasteiger partial charge in [-0.25, -0.2) is 0 Å². The number of carbonyl (C=O) groups is 1. The van der Waals surface area contributed by atoms with Crippen molar-refractivity contribution < 1.29 is 14.7 Å². The van der Waals surface area contributed by atoms with Gasteiger partial charge in [0.1, 0.15) is 5.75 Å². The van der Waals surface area contributed by atoms with Gasteiger partial charge in [-0.3, -0.25) is 4.79 Å². The average molecular weight is 243 g/mol. The highest BCUT2D eigenvalue weighted by molar-refractivity contribution is 5.79. The third-order valence-electron chi connectivity index (χ3n) is 2.35. The van der Waals surface area contributed by atoms with E-state index in [1.807, 2.05) is 30.3 Å². The van der Waals surface area contributed by atoms with Crippen LogP contribution in [-0.4, -0.2) is 11.0 Å². The molecule has 3 rings (SSSR count). The number of fused-ring (bicyclic) bond motifs is 1. The second-order valence-electron chi connectivity index (χ2n) is 3.75. The highest BCUT2D eigenvalue weighted by Crippen LogP contribution is 2.19. The highest BCUT2D eigenvalue weighted by atomic mass is 16.7. The maximum absolute atomic E-state index is 10.8. The third-order valence-corrected chi connectivity index (χ3v) is 2.35. The first-order chi connectivity index (χ1) is 8.75. The molecule has 92 valence electrons. The van der Waals surface area contributed by atoms with E-state index in [1.54, 1.807) is 24.3 Å². The number of nitrogens with one attached hydrogen (secondary N) is 1. The Labute approximate surface area is 105 Å². The molecule has 18 heavy (non-hydrogen) atoms. The van der Waals surface area contributed by atoms with Crippen molar-refractivity contribution in [3.63, 3.8) is 0 Å². The van der Waals surface area contributed by atoms with Crippen LogP contribution in [0.5, 0.6) is 11.5 Å². The fraction of sp³-hybridized carbons (Fsp3) is 0.0714. The summed E-state index contributed by atoms with van der Waals surface area (Å²) in [5, 5.41) is 8.63. The zero-order valence-corrected chi connectivity index (χ0v) is 9.67. The van der Waals surface area contributed by atoms with Gasteiger partial charge >= 0.3 is 0 Å². The molecule has 2 aromatic carbocycles. The molecule has 0 aliphatic carbocycles. The molecule has 0 saturated heterocycles. The van der Waals surface area contributed by atoms with Gasteiger partial charge in [0.2, 0.25) is 0 Å². The molecule has 0 unspecified atom stereocenters. The molecule has 0 saturated carbocycles. The van der Waals surface area contributed by atoms with Gasteiger partial charge in [-0.15, -0.1) is 0 Å². The van der Waals surface area contributed by atoms with Crippen LogP contribution in [0.3, 0.4) is 0 Å². The number of hydrogen-bond donors (Lipinski definition) is 2. The van der Waals surface area contributed by atoms with Gasteiger partial charge in [0, 0.05) is 5.56 Å². The molecule has 0 fully saturated rings. The molecule has 0 bridgehead atoms. The Morgan fingerprint density at radius 1 is 1.00 bits per heavy atom. The van der Waals surface area contributed by atoms with Crippen molar-refractivity contribution in [1.29, 1.82) is 0 Å². The van der Waals surface area contributed by atoms with E-state index in [0.29, 0.717) is 12.2 Å². The van der Waals surface area contributed by atoms with Crippen LogP contribution < -0.4 is 10.3 Å². The molecule has 0 atom stereocenters. The number of hydroxylamine groups is 1. The summed E-state index contributed by atoms with van der Waals surface area (Å²) in [7, 11) is 0. The number of phenols is 1. The van der Waals surface area contributed by atoms with Gasteiger partial charge in [0.15, 0.2) is 5.75 Å². The zero-order chi connectivity index (χ0) is 12.8. The van der Waals surface area contributed by atoms with Crippen molar-refractivity contribution in [2.45, 2.75) is 6.42 Å². The Morgan fingerprint density at radius 2 is 1.67 bits per heavy atom. The number of aromatic hydroxyl groups is 1. The minimum atomic E-state index is -0.0938. The normalized spacial score (nSPS) is 12.3.